The van der Waals surface area contributed by atoms with Gasteiger partial charge in [0.05, 0.1) is 0 Å². The van der Waals surface area contributed by atoms with Crippen LogP contribution in [0.3, 0.4) is 0 Å². The van der Waals surface area contributed by atoms with Gasteiger partial charge in [0.2, 0.25) is 11.8 Å². The zero-order valence-corrected chi connectivity index (χ0v) is 15.6. The maximum atomic E-state index is 12.7. The molecule has 1 fully saturated rings. The lowest BCUT2D eigenvalue weighted by molar-refractivity contribution is -0.132. The lowest BCUT2D eigenvalue weighted by Gasteiger charge is -2.32. The highest BCUT2D eigenvalue weighted by Crippen LogP contribution is 2.27. The summed E-state index contributed by atoms with van der Waals surface area (Å²) in [7, 11) is 3.96. The smallest absolute Gasteiger partial charge is 0.239 e. The molecule has 132 valence electrons. The Bertz CT molecular complexity index is 637. The molecule has 0 bridgehead atoms. The number of carbonyl (C=O) groups excluding carboxylic acids is 2. The van der Waals surface area contributed by atoms with Crippen LogP contribution in [-0.4, -0.2) is 49.4 Å². The molecule has 0 spiro atoms. The molecule has 2 amide bonds. The largest absolute Gasteiger partial charge is 0.354 e. The number of benzene rings is 1. The molecule has 1 aromatic rings. The molecule has 1 N–H and O–H groups in total. The summed E-state index contributed by atoms with van der Waals surface area (Å²) in [6.07, 6.45) is 0.569. The van der Waals surface area contributed by atoms with E-state index in [0.29, 0.717) is 19.5 Å². The van der Waals surface area contributed by atoms with Crippen LogP contribution in [-0.2, 0) is 9.59 Å². The van der Waals surface area contributed by atoms with Gasteiger partial charge in [-0.15, -0.1) is 0 Å². The molecular weight excluding hydrogens is 302 g/mol. The number of anilines is 1. The Morgan fingerprint density at radius 2 is 1.96 bits per heavy atom. The van der Waals surface area contributed by atoms with Gasteiger partial charge >= 0.3 is 0 Å². The zero-order chi connectivity index (χ0) is 18.1. The molecule has 0 unspecified atom stereocenters. The minimum Gasteiger partial charge on any atom is -0.354 e. The van der Waals surface area contributed by atoms with Gasteiger partial charge in [-0.2, -0.15) is 0 Å². The molecule has 0 radical (unpaired) electrons. The first-order valence-corrected chi connectivity index (χ1v) is 8.47. The zero-order valence-electron chi connectivity index (χ0n) is 15.6. The second-order valence-corrected chi connectivity index (χ2v) is 7.52. The topological polar surface area (TPSA) is 52.7 Å². The number of hydrogen-bond acceptors (Lipinski definition) is 3. The van der Waals surface area contributed by atoms with E-state index in [1.165, 1.54) is 5.56 Å². The lowest BCUT2D eigenvalue weighted by atomic mass is 10.0. The summed E-state index contributed by atoms with van der Waals surface area (Å²) in [6, 6.07) is 5.99. The van der Waals surface area contributed by atoms with Crippen molar-refractivity contribution in [1.29, 1.82) is 0 Å². The van der Waals surface area contributed by atoms with E-state index in [2.05, 4.69) is 24.1 Å². The molecule has 1 aliphatic heterocycles. The monoisotopic (exact) mass is 331 g/mol. The van der Waals surface area contributed by atoms with E-state index in [1.54, 1.807) is 4.90 Å². The van der Waals surface area contributed by atoms with Crippen molar-refractivity contribution in [2.24, 2.45) is 5.92 Å². The summed E-state index contributed by atoms with van der Waals surface area (Å²) in [5.74, 6) is -0.843. The van der Waals surface area contributed by atoms with Gasteiger partial charge in [0, 0.05) is 24.3 Å². The fourth-order valence-electron chi connectivity index (χ4n) is 2.66. The highest BCUT2D eigenvalue weighted by Gasteiger charge is 2.38. The predicted molar refractivity (Wildman–Crippen MR) is 97.2 cm³/mol. The molecule has 5 nitrogen and oxygen atoms in total. The van der Waals surface area contributed by atoms with Crippen LogP contribution in [0.4, 0.5) is 5.69 Å². The van der Waals surface area contributed by atoms with Crippen molar-refractivity contribution in [3.63, 3.8) is 0 Å². The highest BCUT2D eigenvalue weighted by atomic mass is 16.2. The minimum absolute atomic E-state index is 0.0987. The maximum Gasteiger partial charge on any atom is 0.239 e. The summed E-state index contributed by atoms with van der Waals surface area (Å²) >= 11 is 0. The molecule has 0 aromatic heterocycles. The predicted octanol–water partition coefficient (Wildman–Crippen LogP) is 2.11. The van der Waals surface area contributed by atoms with E-state index in [9.17, 15) is 9.59 Å². The molecule has 24 heavy (non-hydrogen) atoms. The van der Waals surface area contributed by atoms with Gasteiger partial charge in [0.25, 0.3) is 0 Å². The normalized spacial score (nSPS) is 18.4. The molecule has 1 saturated heterocycles. The van der Waals surface area contributed by atoms with E-state index < -0.39 is 5.92 Å². The number of likely N-dealkylation sites (N-methyl/N-ethyl adjacent to an activating group) is 1. The van der Waals surface area contributed by atoms with Crippen LogP contribution in [0.2, 0.25) is 0 Å². The summed E-state index contributed by atoms with van der Waals surface area (Å²) in [4.78, 5) is 28.9. The number of amides is 2. The van der Waals surface area contributed by atoms with E-state index >= 15 is 0 Å². The van der Waals surface area contributed by atoms with Gasteiger partial charge in [-0.25, -0.2) is 0 Å². The number of hydrogen-bond donors (Lipinski definition) is 1. The second kappa shape index (κ2) is 6.93. The van der Waals surface area contributed by atoms with E-state index in [0.717, 1.165) is 11.3 Å². The lowest BCUT2D eigenvalue weighted by Crippen LogP contribution is -2.50. The fourth-order valence-corrected chi connectivity index (χ4v) is 2.66. The van der Waals surface area contributed by atoms with Gasteiger partial charge in [0.1, 0.15) is 5.92 Å². The Kier molecular flexibility index (Phi) is 5.33. The van der Waals surface area contributed by atoms with Crippen molar-refractivity contribution < 1.29 is 9.59 Å². The number of carbonyl (C=O) groups is 2. The summed E-state index contributed by atoms with van der Waals surface area (Å²) in [5, 5.41) is 2.94. The first kappa shape index (κ1) is 18.5. The minimum atomic E-state index is -0.579. The fraction of sp³-hybridized carbons (Fsp3) is 0.579. The Balaban J connectivity index is 2.03. The molecule has 1 heterocycles. The average Bonchev–Trinajstić information content (AvgIpc) is 2.89. The van der Waals surface area contributed by atoms with Crippen LogP contribution in [0.1, 0.15) is 31.4 Å². The van der Waals surface area contributed by atoms with Gasteiger partial charge in [-0.05, 0) is 71.5 Å². The van der Waals surface area contributed by atoms with Crippen molar-refractivity contribution in [2.45, 2.75) is 39.7 Å². The van der Waals surface area contributed by atoms with Crippen LogP contribution in [0.15, 0.2) is 18.2 Å². The van der Waals surface area contributed by atoms with Crippen molar-refractivity contribution >= 4 is 17.5 Å². The summed E-state index contributed by atoms with van der Waals surface area (Å²) in [6.45, 7) is 9.32. The third kappa shape index (κ3) is 3.78. The number of aryl methyl sites for hydroxylation is 2. The molecule has 0 aliphatic carbocycles. The molecule has 2 rings (SSSR count). The van der Waals surface area contributed by atoms with Crippen molar-refractivity contribution in [2.75, 3.05) is 32.1 Å². The van der Waals surface area contributed by atoms with Crippen LogP contribution < -0.4 is 10.2 Å². The van der Waals surface area contributed by atoms with Crippen LogP contribution in [0, 0.1) is 19.8 Å². The number of rotatable bonds is 5. The van der Waals surface area contributed by atoms with Crippen LogP contribution >= 0.6 is 0 Å². The summed E-state index contributed by atoms with van der Waals surface area (Å²) in [5.41, 5.74) is 3.09. The van der Waals surface area contributed by atoms with Crippen LogP contribution in [0.5, 0.6) is 0 Å². The third-order valence-corrected chi connectivity index (χ3v) is 5.23. The quantitative estimate of drug-likeness (QED) is 0.841. The van der Waals surface area contributed by atoms with E-state index in [4.69, 9.17) is 0 Å². The molecule has 1 aromatic carbocycles. The average molecular weight is 331 g/mol. The first-order chi connectivity index (χ1) is 11.1. The van der Waals surface area contributed by atoms with Gasteiger partial charge in [-0.3, -0.25) is 9.59 Å². The molecule has 0 saturated carbocycles. The van der Waals surface area contributed by atoms with Gasteiger partial charge in [-0.1, -0.05) is 6.07 Å². The molecule has 1 aliphatic rings. The Hall–Kier alpha value is -1.88. The summed E-state index contributed by atoms with van der Waals surface area (Å²) < 4.78 is 0. The van der Waals surface area contributed by atoms with E-state index in [-0.39, 0.29) is 17.4 Å². The SMILES string of the molecule is Cc1ccc(N2CC[C@@H](C(=O)NCC(C)(C)N(C)C)C2=O)cc1C. The third-order valence-electron chi connectivity index (χ3n) is 5.23. The molecule has 1 atom stereocenters. The number of nitrogens with one attached hydrogen (secondary N) is 1. The highest BCUT2D eigenvalue weighted by molar-refractivity contribution is 6.09. The van der Waals surface area contributed by atoms with Crippen molar-refractivity contribution in [3.8, 4) is 0 Å². The van der Waals surface area contributed by atoms with E-state index in [1.807, 2.05) is 46.1 Å². The molecule has 5 heteroatoms. The van der Waals surface area contributed by atoms with Gasteiger partial charge < -0.3 is 15.1 Å². The standard InChI is InChI=1S/C19H29N3O2/c1-13-7-8-15(11-14(13)2)22-10-9-16(18(22)24)17(23)20-12-19(3,4)21(5)6/h7-8,11,16H,9-10,12H2,1-6H3,(H,20,23)/t16-/m0/s1. The van der Waals surface area contributed by atoms with Gasteiger partial charge in [0.15, 0.2) is 0 Å². The first-order valence-electron chi connectivity index (χ1n) is 8.47. The molecular formula is C19H29N3O2. The second-order valence-electron chi connectivity index (χ2n) is 7.52. The van der Waals surface area contributed by atoms with Crippen LogP contribution in [0.25, 0.3) is 0 Å². The van der Waals surface area contributed by atoms with Crippen molar-refractivity contribution in [3.05, 3.63) is 29.3 Å². The maximum absolute atomic E-state index is 12.7. The van der Waals surface area contributed by atoms with Crippen molar-refractivity contribution in [1.82, 2.24) is 10.2 Å². The Morgan fingerprint density at radius 1 is 1.29 bits per heavy atom. The Morgan fingerprint density at radius 3 is 2.54 bits per heavy atom. The Labute approximate surface area is 145 Å². The number of nitrogens with zero attached hydrogens (tertiary/aromatic N) is 2.